The molecule has 0 radical (unpaired) electrons. The van der Waals surface area contributed by atoms with E-state index in [0.717, 1.165) is 18.6 Å². The Balaban J connectivity index is 1.76. The number of para-hydroxylation sites is 1. The molecule has 0 bridgehead atoms. The van der Waals surface area contributed by atoms with Crippen LogP contribution in [-0.2, 0) is 4.79 Å². The molecule has 1 aliphatic heterocycles. The fourth-order valence-corrected chi connectivity index (χ4v) is 2.10. The molecular weight excluding hydrogens is 238 g/mol. The van der Waals surface area contributed by atoms with Crippen LogP contribution in [0.3, 0.4) is 0 Å². The number of carbonyl (C=O) groups is 1. The van der Waals surface area contributed by atoms with Crippen LogP contribution >= 0.6 is 0 Å². The predicted molar refractivity (Wildman–Crippen MR) is 76.1 cm³/mol. The molecule has 3 heteroatoms. The van der Waals surface area contributed by atoms with Crippen LogP contribution in [0.25, 0.3) is 0 Å². The lowest BCUT2D eigenvalue weighted by Crippen LogP contribution is -2.55. The molecule has 1 aromatic carbocycles. The van der Waals surface area contributed by atoms with Crippen molar-refractivity contribution in [3.05, 3.63) is 42.5 Å². The van der Waals surface area contributed by atoms with Crippen molar-refractivity contribution in [3.8, 4) is 5.75 Å². The second kappa shape index (κ2) is 6.98. The summed E-state index contributed by atoms with van der Waals surface area (Å²) in [6.45, 7) is 3.44. The van der Waals surface area contributed by atoms with Crippen molar-refractivity contribution in [2.24, 2.45) is 0 Å². The average Bonchev–Trinajstić information content (AvgIpc) is 2.44. The lowest BCUT2D eigenvalue weighted by Gasteiger charge is -2.39. The number of β-lactam (4-membered cyclic amide) rings is 1. The van der Waals surface area contributed by atoms with Gasteiger partial charge in [0.05, 0.1) is 12.5 Å². The number of hydrogen-bond acceptors (Lipinski definition) is 2. The lowest BCUT2D eigenvalue weighted by molar-refractivity contribution is -0.146. The van der Waals surface area contributed by atoms with Gasteiger partial charge in [0.25, 0.3) is 0 Å². The van der Waals surface area contributed by atoms with Gasteiger partial charge < -0.3 is 9.64 Å². The highest BCUT2D eigenvalue weighted by Crippen LogP contribution is 2.20. The van der Waals surface area contributed by atoms with Crippen molar-refractivity contribution in [1.82, 2.24) is 4.90 Å². The molecular formula is C16H21NO2. The number of hydrogen-bond donors (Lipinski definition) is 0. The minimum atomic E-state index is 0.221. The molecule has 0 aliphatic carbocycles. The summed E-state index contributed by atoms with van der Waals surface area (Å²) in [6.07, 6.45) is 7.05. The van der Waals surface area contributed by atoms with Gasteiger partial charge in [0, 0.05) is 6.54 Å². The fourth-order valence-electron chi connectivity index (χ4n) is 2.10. The SMILES string of the molecule is CCCC=CCN1C(=O)C[C@@H]1COc1ccccc1. The number of amides is 1. The number of ether oxygens (including phenoxy) is 1. The molecule has 1 saturated heterocycles. The summed E-state index contributed by atoms with van der Waals surface area (Å²) >= 11 is 0. The third-order valence-corrected chi connectivity index (χ3v) is 3.28. The van der Waals surface area contributed by atoms with E-state index in [1.54, 1.807) is 0 Å². The largest absolute Gasteiger partial charge is 0.491 e. The molecule has 1 atom stereocenters. The molecule has 102 valence electrons. The molecule has 3 nitrogen and oxygen atoms in total. The zero-order valence-electron chi connectivity index (χ0n) is 11.4. The van der Waals surface area contributed by atoms with Crippen LogP contribution in [0.1, 0.15) is 26.2 Å². The van der Waals surface area contributed by atoms with Crippen LogP contribution in [-0.4, -0.2) is 30.0 Å². The second-order valence-electron chi connectivity index (χ2n) is 4.79. The molecule has 0 aromatic heterocycles. The van der Waals surface area contributed by atoms with Gasteiger partial charge in [-0.3, -0.25) is 4.79 Å². The Morgan fingerprint density at radius 1 is 1.32 bits per heavy atom. The topological polar surface area (TPSA) is 29.5 Å². The Labute approximate surface area is 114 Å². The maximum Gasteiger partial charge on any atom is 0.225 e. The molecule has 1 heterocycles. The van der Waals surface area contributed by atoms with Gasteiger partial charge in [-0.1, -0.05) is 43.7 Å². The van der Waals surface area contributed by atoms with Crippen LogP contribution in [0, 0.1) is 0 Å². The first-order valence-corrected chi connectivity index (χ1v) is 6.93. The van der Waals surface area contributed by atoms with Gasteiger partial charge in [-0.15, -0.1) is 0 Å². The third kappa shape index (κ3) is 3.85. The first kappa shape index (κ1) is 13.7. The van der Waals surface area contributed by atoms with Crippen LogP contribution < -0.4 is 4.74 Å². The van der Waals surface area contributed by atoms with Crippen molar-refractivity contribution in [3.63, 3.8) is 0 Å². The number of nitrogens with zero attached hydrogens (tertiary/aromatic N) is 1. The number of rotatable bonds is 7. The number of carbonyl (C=O) groups excluding carboxylic acids is 1. The van der Waals surface area contributed by atoms with Crippen LogP contribution in [0.2, 0.25) is 0 Å². The highest BCUT2D eigenvalue weighted by atomic mass is 16.5. The normalized spacial score (nSPS) is 18.7. The first-order valence-electron chi connectivity index (χ1n) is 6.93. The maximum absolute atomic E-state index is 11.6. The van der Waals surface area contributed by atoms with Gasteiger partial charge in [0.2, 0.25) is 5.91 Å². The Kier molecular flexibility index (Phi) is 5.01. The number of allylic oxidation sites excluding steroid dienone is 1. The summed E-state index contributed by atoms with van der Waals surface area (Å²) < 4.78 is 5.70. The summed E-state index contributed by atoms with van der Waals surface area (Å²) in [5, 5.41) is 0. The third-order valence-electron chi connectivity index (χ3n) is 3.28. The summed E-state index contributed by atoms with van der Waals surface area (Å²) in [5.41, 5.74) is 0. The Hall–Kier alpha value is -1.77. The number of likely N-dealkylation sites (tertiary alicyclic amines) is 1. The standard InChI is InChI=1S/C16H21NO2/c1-2-3-4-8-11-17-14(12-16(17)18)13-19-15-9-6-5-7-10-15/h4-10,14H,2-3,11-13H2,1H3/t14-/m1/s1. The molecule has 2 rings (SSSR count). The van der Waals surface area contributed by atoms with Crippen LogP contribution in [0.4, 0.5) is 0 Å². The predicted octanol–water partition coefficient (Wildman–Crippen LogP) is 3.02. The van der Waals surface area contributed by atoms with Gasteiger partial charge in [0.15, 0.2) is 0 Å². The summed E-state index contributed by atoms with van der Waals surface area (Å²) in [7, 11) is 0. The van der Waals surface area contributed by atoms with E-state index in [1.807, 2.05) is 35.2 Å². The van der Waals surface area contributed by atoms with Crippen LogP contribution in [0.5, 0.6) is 5.75 Å². The minimum Gasteiger partial charge on any atom is -0.491 e. The maximum atomic E-state index is 11.6. The first-order chi connectivity index (χ1) is 9.31. The van der Waals surface area contributed by atoms with E-state index in [4.69, 9.17) is 4.74 Å². The quantitative estimate of drug-likeness (QED) is 0.556. The summed E-state index contributed by atoms with van der Waals surface area (Å²) in [6, 6.07) is 9.96. The molecule has 0 unspecified atom stereocenters. The molecule has 0 saturated carbocycles. The van der Waals surface area contributed by atoms with E-state index in [9.17, 15) is 4.79 Å². The highest BCUT2D eigenvalue weighted by molar-refractivity contribution is 5.83. The summed E-state index contributed by atoms with van der Waals surface area (Å²) in [4.78, 5) is 13.4. The highest BCUT2D eigenvalue weighted by Gasteiger charge is 2.35. The van der Waals surface area contributed by atoms with Crippen molar-refractivity contribution in [2.45, 2.75) is 32.2 Å². The van der Waals surface area contributed by atoms with Crippen molar-refractivity contribution >= 4 is 5.91 Å². The number of benzene rings is 1. The van der Waals surface area contributed by atoms with Crippen LogP contribution in [0.15, 0.2) is 42.5 Å². The monoisotopic (exact) mass is 259 g/mol. The van der Waals surface area contributed by atoms with Crippen molar-refractivity contribution < 1.29 is 9.53 Å². The smallest absolute Gasteiger partial charge is 0.225 e. The van der Waals surface area contributed by atoms with Crippen molar-refractivity contribution in [2.75, 3.05) is 13.2 Å². The zero-order chi connectivity index (χ0) is 13.5. The van der Waals surface area contributed by atoms with E-state index in [1.165, 1.54) is 0 Å². The zero-order valence-corrected chi connectivity index (χ0v) is 11.4. The second-order valence-corrected chi connectivity index (χ2v) is 4.79. The summed E-state index contributed by atoms with van der Waals surface area (Å²) in [5.74, 6) is 1.09. The van der Waals surface area contributed by atoms with Gasteiger partial charge in [0.1, 0.15) is 12.4 Å². The molecule has 0 N–H and O–H groups in total. The van der Waals surface area contributed by atoms with Gasteiger partial charge in [-0.05, 0) is 18.6 Å². The molecule has 19 heavy (non-hydrogen) atoms. The Bertz CT molecular complexity index is 428. The number of unbranched alkanes of at least 4 members (excludes halogenated alkanes) is 1. The van der Waals surface area contributed by atoms with Gasteiger partial charge in [-0.25, -0.2) is 0 Å². The van der Waals surface area contributed by atoms with E-state index in [0.29, 0.717) is 19.6 Å². The van der Waals surface area contributed by atoms with Gasteiger partial charge >= 0.3 is 0 Å². The molecule has 0 spiro atoms. The minimum absolute atomic E-state index is 0.221. The average molecular weight is 259 g/mol. The van der Waals surface area contributed by atoms with E-state index in [2.05, 4.69) is 19.1 Å². The lowest BCUT2D eigenvalue weighted by atomic mass is 10.0. The molecule has 1 fully saturated rings. The van der Waals surface area contributed by atoms with Gasteiger partial charge in [-0.2, -0.15) is 0 Å². The molecule has 1 aliphatic rings. The molecule has 1 amide bonds. The molecule has 1 aromatic rings. The Morgan fingerprint density at radius 3 is 2.79 bits per heavy atom. The fraction of sp³-hybridized carbons (Fsp3) is 0.438. The van der Waals surface area contributed by atoms with E-state index < -0.39 is 0 Å². The van der Waals surface area contributed by atoms with E-state index in [-0.39, 0.29) is 11.9 Å². The van der Waals surface area contributed by atoms with Crippen molar-refractivity contribution in [1.29, 1.82) is 0 Å². The van der Waals surface area contributed by atoms with E-state index >= 15 is 0 Å². The Morgan fingerprint density at radius 2 is 2.11 bits per heavy atom.